The minimum Gasteiger partial charge on any atom is -0.383 e. The van der Waals surface area contributed by atoms with Gasteiger partial charge in [-0.3, -0.25) is 4.90 Å². The summed E-state index contributed by atoms with van der Waals surface area (Å²) >= 11 is 0. The van der Waals surface area contributed by atoms with Gasteiger partial charge in [-0.15, -0.1) is 0 Å². The Hall–Kier alpha value is -0.970. The van der Waals surface area contributed by atoms with E-state index < -0.39 is 0 Å². The molecule has 0 aliphatic heterocycles. The van der Waals surface area contributed by atoms with Crippen molar-refractivity contribution in [1.82, 2.24) is 4.90 Å². The molecule has 0 bridgehead atoms. The Morgan fingerprint density at radius 3 is 2.55 bits per heavy atom. The van der Waals surface area contributed by atoms with Crippen LogP contribution in [0.5, 0.6) is 0 Å². The number of ether oxygens (including phenoxy) is 1. The third-order valence-electron chi connectivity index (χ3n) is 3.43. The zero-order valence-electron chi connectivity index (χ0n) is 13.0. The average Bonchev–Trinajstić information content (AvgIpc) is 2.40. The van der Waals surface area contributed by atoms with Gasteiger partial charge in [0.2, 0.25) is 0 Å². The second-order valence-corrected chi connectivity index (χ2v) is 5.64. The van der Waals surface area contributed by atoms with Crippen LogP contribution in [0.4, 0.5) is 4.39 Å². The number of hydrogen-bond acceptors (Lipinski definition) is 3. The van der Waals surface area contributed by atoms with E-state index in [1.807, 2.05) is 12.1 Å². The molecule has 1 unspecified atom stereocenters. The monoisotopic (exact) mass is 282 g/mol. The normalized spacial score (nSPS) is 13.2. The maximum absolute atomic E-state index is 13.8. The van der Waals surface area contributed by atoms with Gasteiger partial charge in [0.25, 0.3) is 0 Å². The van der Waals surface area contributed by atoms with Crippen LogP contribution in [-0.2, 0) is 4.74 Å². The van der Waals surface area contributed by atoms with E-state index in [1.165, 1.54) is 0 Å². The minimum atomic E-state index is -0.169. The van der Waals surface area contributed by atoms with Gasteiger partial charge in [-0.1, -0.05) is 26.0 Å². The SMILES string of the molecule is COCCN(CC(C)C)C(CN)c1ccc(C)c(F)c1. The molecule has 114 valence electrons. The zero-order valence-corrected chi connectivity index (χ0v) is 13.0. The van der Waals surface area contributed by atoms with Gasteiger partial charge in [0.15, 0.2) is 0 Å². The molecule has 0 fully saturated rings. The zero-order chi connectivity index (χ0) is 15.1. The maximum Gasteiger partial charge on any atom is 0.126 e. The molecule has 20 heavy (non-hydrogen) atoms. The fourth-order valence-corrected chi connectivity index (χ4v) is 2.36. The smallest absolute Gasteiger partial charge is 0.126 e. The number of nitrogens with two attached hydrogens (primary N) is 1. The molecule has 1 atom stereocenters. The van der Waals surface area contributed by atoms with E-state index in [0.717, 1.165) is 18.7 Å². The number of rotatable bonds is 8. The van der Waals surface area contributed by atoms with Gasteiger partial charge in [-0.05, 0) is 30.0 Å². The minimum absolute atomic E-state index is 0.0302. The molecule has 2 N–H and O–H groups in total. The highest BCUT2D eigenvalue weighted by atomic mass is 19.1. The Labute approximate surface area is 121 Å². The third kappa shape index (κ3) is 4.85. The van der Waals surface area contributed by atoms with Crippen LogP contribution in [0.25, 0.3) is 0 Å². The Balaban J connectivity index is 2.94. The summed E-state index contributed by atoms with van der Waals surface area (Å²) in [4.78, 5) is 2.28. The van der Waals surface area contributed by atoms with Crippen molar-refractivity contribution in [3.05, 3.63) is 35.1 Å². The summed E-state index contributed by atoms with van der Waals surface area (Å²) in [7, 11) is 1.69. The van der Waals surface area contributed by atoms with Gasteiger partial charge in [-0.2, -0.15) is 0 Å². The van der Waals surface area contributed by atoms with Crippen molar-refractivity contribution < 1.29 is 9.13 Å². The van der Waals surface area contributed by atoms with E-state index in [2.05, 4.69) is 18.7 Å². The topological polar surface area (TPSA) is 38.5 Å². The fourth-order valence-electron chi connectivity index (χ4n) is 2.36. The van der Waals surface area contributed by atoms with Gasteiger partial charge in [-0.25, -0.2) is 4.39 Å². The first-order valence-electron chi connectivity index (χ1n) is 7.18. The average molecular weight is 282 g/mol. The van der Waals surface area contributed by atoms with Crippen molar-refractivity contribution >= 4 is 0 Å². The van der Waals surface area contributed by atoms with Crippen LogP contribution >= 0.6 is 0 Å². The molecule has 0 aromatic heterocycles. The summed E-state index contributed by atoms with van der Waals surface area (Å²) in [5, 5.41) is 0. The predicted octanol–water partition coefficient (Wildman–Crippen LogP) is 2.74. The molecule has 0 saturated heterocycles. The highest BCUT2D eigenvalue weighted by molar-refractivity contribution is 5.26. The van der Waals surface area contributed by atoms with Crippen molar-refractivity contribution in [2.24, 2.45) is 11.7 Å². The van der Waals surface area contributed by atoms with Gasteiger partial charge in [0, 0.05) is 32.8 Å². The van der Waals surface area contributed by atoms with Crippen LogP contribution in [0.1, 0.15) is 31.0 Å². The number of nitrogens with zero attached hydrogens (tertiary/aromatic N) is 1. The molecule has 0 saturated carbocycles. The van der Waals surface area contributed by atoms with Crippen molar-refractivity contribution in [3.63, 3.8) is 0 Å². The van der Waals surface area contributed by atoms with Crippen LogP contribution in [0.15, 0.2) is 18.2 Å². The van der Waals surface area contributed by atoms with Crippen LogP contribution in [0.2, 0.25) is 0 Å². The van der Waals surface area contributed by atoms with E-state index >= 15 is 0 Å². The molecule has 1 aromatic carbocycles. The summed E-state index contributed by atoms with van der Waals surface area (Å²) in [6.07, 6.45) is 0. The van der Waals surface area contributed by atoms with E-state index in [-0.39, 0.29) is 11.9 Å². The fraction of sp³-hybridized carbons (Fsp3) is 0.625. The standard InChI is InChI=1S/C16H27FN2O/c1-12(2)11-19(7-8-20-4)16(10-18)14-6-5-13(3)15(17)9-14/h5-6,9,12,16H,7-8,10-11,18H2,1-4H3. The van der Waals surface area contributed by atoms with Crippen molar-refractivity contribution in [2.75, 3.05) is 33.4 Å². The van der Waals surface area contributed by atoms with Gasteiger partial charge >= 0.3 is 0 Å². The lowest BCUT2D eigenvalue weighted by Gasteiger charge is -2.32. The number of benzene rings is 1. The number of halogens is 1. The van der Waals surface area contributed by atoms with Crippen LogP contribution < -0.4 is 5.73 Å². The molecule has 0 spiro atoms. The Morgan fingerprint density at radius 2 is 2.05 bits per heavy atom. The van der Waals surface area contributed by atoms with Crippen LogP contribution in [0.3, 0.4) is 0 Å². The van der Waals surface area contributed by atoms with E-state index in [4.69, 9.17) is 10.5 Å². The van der Waals surface area contributed by atoms with Crippen LogP contribution in [0, 0.1) is 18.7 Å². The largest absolute Gasteiger partial charge is 0.383 e. The first-order valence-corrected chi connectivity index (χ1v) is 7.18. The lowest BCUT2D eigenvalue weighted by Crippen LogP contribution is -2.38. The lowest BCUT2D eigenvalue weighted by molar-refractivity contribution is 0.112. The molecule has 0 aliphatic carbocycles. The summed E-state index contributed by atoms with van der Waals surface area (Å²) in [6, 6.07) is 5.42. The van der Waals surface area contributed by atoms with Crippen molar-refractivity contribution in [3.8, 4) is 0 Å². The highest BCUT2D eigenvalue weighted by Gasteiger charge is 2.20. The summed E-state index contributed by atoms with van der Waals surface area (Å²) in [5.41, 5.74) is 7.54. The molecular formula is C16H27FN2O. The Morgan fingerprint density at radius 1 is 1.35 bits per heavy atom. The van der Waals surface area contributed by atoms with E-state index in [1.54, 1.807) is 20.1 Å². The maximum atomic E-state index is 13.8. The van der Waals surface area contributed by atoms with Crippen LogP contribution in [-0.4, -0.2) is 38.3 Å². The predicted molar refractivity (Wildman–Crippen MR) is 81.2 cm³/mol. The van der Waals surface area contributed by atoms with Gasteiger partial charge in [0.1, 0.15) is 5.82 Å². The summed E-state index contributed by atoms with van der Waals surface area (Å²) in [6.45, 7) is 8.95. The summed E-state index contributed by atoms with van der Waals surface area (Å²) < 4.78 is 18.9. The third-order valence-corrected chi connectivity index (χ3v) is 3.43. The van der Waals surface area contributed by atoms with Gasteiger partial charge < -0.3 is 10.5 Å². The molecule has 0 radical (unpaired) electrons. The molecule has 3 nitrogen and oxygen atoms in total. The lowest BCUT2D eigenvalue weighted by atomic mass is 10.0. The molecule has 0 heterocycles. The Kier molecular flexibility index (Phi) is 7.13. The second-order valence-electron chi connectivity index (χ2n) is 5.64. The molecule has 0 amide bonds. The molecule has 1 aromatic rings. The molecule has 0 aliphatic rings. The van der Waals surface area contributed by atoms with Gasteiger partial charge in [0.05, 0.1) is 6.61 Å². The summed E-state index contributed by atoms with van der Waals surface area (Å²) in [5.74, 6) is 0.355. The Bertz CT molecular complexity index is 409. The molecule has 4 heteroatoms. The first-order chi connectivity index (χ1) is 9.49. The molecule has 1 rings (SSSR count). The first kappa shape index (κ1) is 17.1. The van der Waals surface area contributed by atoms with E-state index in [0.29, 0.717) is 24.6 Å². The number of hydrogen-bond donors (Lipinski definition) is 1. The number of aryl methyl sites for hydroxylation is 1. The molecular weight excluding hydrogens is 255 g/mol. The highest BCUT2D eigenvalue weighted by Crippen LogP contribution is 2.22. The second kappa shape index (κ2) is 8.35. The number of methoxy groups -OCH3 is 1. The van der Waals surface area contributed by atoms with E-state index in [9.17, 15) is 4.39 Å². The quantitative estimate of drug-likeness (QED) is 0.797. The van der Waals surface area contributed by atoms with Crippen molar-refractivity contribution in [1.29, 1.82) is 0 Å². The van der Waals surface area contributed by atoms with Crippen molar-refractivity contribution in [2.45, 2.75) is 26.8 Å².